The van der Waals surface area contributed by atoms with Crippen molar-refractivity contribution in [1.29, 1.82) is 0 Å². The van der Waals surface area contributed by atoms with E-state index in [0.717, 1.165) is 36.7 Å². The molecule has 0 aliphatic heterocycles. The zero-order valence-corrected chi connectivity index (χ0v) is 11.5. The van der Waals surface area contributed by atoms with Crippen molar-refractivity contribution in [3.05, 3.63) is 42.2 Å². The van der Waals surface area contributed by atoms with Crippen molar-refractivity contribution >= 4 is 17.3 Å². The van der Waals surface area contributed by atoms with Crippen LogP contribution < -0.4 is 10.6 Å². The number of hydrogen-bond acceptors (Lipinski definition) is 4. The van der Waals surface area contributed by atoms with Gasteiger partial charge < -0.3 is 10.6 Å². The van der Waals surface area contributed by atoms with Crippen LogP contribution in [0.4, 0.5) is 17.3 Å². The lowest BCUT2D eigenvalue weighted by molar-refractivity contribution is 0.965. The quantitative estimate of drug-likeness (QED) is 0.829. The van der Waals surface area contributed by atoms with Crippen LogP contribution in [0.5, 0.6) is 0 Å². The molecule has 2 N–H and O–H groups in total. The highest BCUT2D eigenvalue weighted by atomic mass is 15.1. The summed E-state index contributed by atoms with van der Waals surface area (Å²) in [6.07, 6.45) is 3.70. The molecule has 1 aromatic carbocycles. The topological polar surface area (TPSA) is 49.8 Å². The maximum atomic E-state index is 4.22. The van der Waals surface area contributed by atoms with E-state index in [1.54, 1.807) is 6.33 Å². The van der Waals surface area contributed by atoms with Gasteiger partial charge in [-0.15, -0.1) is 0 Å². The summed E-state index contributed by atoms with van der Waals surface area (Å²) in [6.45, 7) is 5.20. The standard InChI is InChI=1S/C15H20N4/c1-3-9-16-14-10-15(18-11-17-14)19-13-7-5-12(4-2)6-8-13/h5-8,10-11H,3-4,9H2,1-2H3,(H2,16,17,18,19). The Hall–Kier alpha value is -2.10. The Kier molecular flexibility index (Phi) is 4.72. The molecule has 0 unspecified atom stereocenters. The number of aryl methyl sites for hydroxylation is 1. The largest absolute Gasteiger partial charge is 0.370 e. The molecule has 0 saturated heterocycles. The van der Waals surface area contributed by atoms with E-state index in [1.807, 2.05) is 6.07 Å². The molecule has 0 aliphatic carbocycles. The highest BCUT2D eigenvalue weighted by molar-refractivity contribution is 5.59. The lowest BCUT2D eigenvalue weighted by atomic mass is 10.1. The highest BCUT2D eigenvalue weighted by Crippen LogP contribution is 2.17. The summed E-state index contributed by atoms with van der Waals surface area (Å²) in [5.41, 5.74) is 2.37. The van der Waals surface area contributed by atoms with Gasteiger partial charge in [0.15, 0.2) is 0 Å². The molecule has 4 heteroatoms. The second-order valence-electron chi connectivity index (χ2n) is 4.39. The maximum absolute atomic E-state index is 4.22. The molecular weight excluding hydrogens is 236 g/mol. The van der Waals surface area contributed by atoms with Gasteiger partial charge in [-0.2, -0.15) is 0 Å². The summed E-state index contributed by atoms with van der Waals surface area (Å²) >= 11 is 0. The molecule has 0 spiro atoms. The van der Waals surface area contributed by atoms with E-state index >= 15 is 0 Å². The van der Waals surface area contributed by atoms with Crippen molar-refractivity contribution in [3.8, 4) is 0 Å². The van der Waals surface area contributed by atoms with Gasteiger partial charge >= 0.3 is 0 Å². The molecule has 0 aliphatic rings. The fourth-order valence-electron chi connectivity index (χ4n) is 1.75. The molecule has 2 rings (SSSR count). The zero-order valence-electron chi connectivity index (χ0n) is 11.5. The van der Waals surface area contributed by atoms with E-state index in [4.69, 9.17) is 0 Å². The molecule has 1 heterocycles. The van der Waals surface area contributed by atoms with Gasteiger partial charge in [0, 0.05) is 18.3 Å². The van der Waals surface area contributed by atoms with Crippen LogP contribution in [0.25, 0.3) is 0 Å². The van der Waals surface area contributed by atoms with Gasteiger partial charge in [-0.25, -0.2) is 9.97 Å². The Morgan fingerprint density at radius 3 is 2.42 bits per heavy atom. The predicted molar refractivity (Wildman–Crippen MR) is 79.9 cm³/mol. The normalized spacial score (nSPS) is 10.2. The summed E-state index contributed by atoms with van der Waals surface area (Å²) in [7, 11) is 0. The lowest BCUT2D eigenvalue weighted by Crippen LogP contribution is -2.03. The van der Waals surface area contributed by atoms with Gasteiger partial charge in [0.2, 0.25) is 0 Å². The molecule has 0 atom stereocenters. The summed E-state index contributed by atoms with van der Waals surface area (Å²) < 4.78 is 0. The first kappa shape index (κ1) is 13.3. The fourth-order valence-corrected chi connectivity index (χ4v) is 1.75. The molecule has 0 bridgehead atoms. The second kappa shape index (κ2) is 6.73. The first-order valence-corrected chi connectivity index (χ1v) is 6.73. The van der Waals surface area contributed by atoms with Crippen LogP contribution >= 0.6 is 0 Å². The SMILES string of the molecule is CCCNc1cc(Nc2ccc(CC)cc2)ncn1. The Balaban J connectivity index is 2.05. The van der Waals surface area contributed by atoms with Gasteiger partial charge in [0.1, 0.15) is 18.0 Å². The van der Waals surface area contributed by atoms with E-state index in [0.29, 0.717) is 0 Å². The van der Waals surface area contributed by atoms with Crippen molar-refractivity contribution in [1.82, 2.24) is 9.97 Å². The monoisotopic (exact) mass is 256 g/mol. The molecule has 0 saturated carbocycles. The third-order valence-electron chi connectivity index (χ3n) is 2.86. The lowest BCUT2D eigenvalue weighted by Gasteiger charge is -2.08. The van der Waals surface area contributed by atoms with Crippen LogP contribution in [0, 0.1) is 0 Å². The molecule has 0 radical (unpaired) electrons. The molecule has 4 nitrogen and oxygen atoms in total. The number of nitrogens with one attached hydrogen (secondary N) is 2. The predicted octanol–water partition coefficient (Wildman–Crippen LogP) is 3.60. The third-order valence-corrected chi connectivity index (χ3v) is 2.86. The summed E-state index contributed by atoms with van der Waals surface area (Å²) in [6, 6.07) is 10.3. The van der Waals surface area contributed by atoms with Gasteiger partial charge in [-0.1, -0.05) is 26.0 Å². The highest BCUT2D eigenvalue weighted by Gasteiger charge is 1.99. The Morgan fingerprint density at radius 2 is 1.74 bits per heavy atom. The van der Waals surface area contributed by atoms with Crippen LogP contribution in [-0.4, -0.2) is 16.5 Å². The Morgan fingerprint density at radius 1 is 1.00 bits per heavy atom. The summed E-state index contributed by atoms with van der Waals surface area (Å²) in [4.78, 5) is 8.41. The molecule has 19 heavy (non-hydrogen) atoms. The van der Waals surface area contributed by atoms with Crippen LogP contribution in [0.1, 0.15) is 25.8 Å². The molecule has 0 fully saturated rings. The first-order chi connectivity index (χ1) is 9.31. The summed E-state index contributed by atoms with van der Waals surface area (Å²) in [5.74, 6) is 1.65. The first-order valence-electron chi connectivity index (χ1n) is 6.73. The number of nitrogens with zero attached hydrogens (tertiary/aromatic N) is 2. The van der Waals surface area contributed by atoms with Crippen LogP contribution in [0.15, 0.2) is 36.7 Å². The van der Waals surface area contributed by atoms with Crippen molar-refractivity contribution in [3.63, 3.8) is 0 Å². The number of anilines is 3. The summed E-state index contributed by atoms with van der Waals surface area (Å²) in [5, 5.41) is 6.53. The van der Waals surface area contributed by atoms with E-state index in [-0.39, 0.29) is 0 Å². The average Bonchev–Trinajstić information content (AvgIpc) is 2.46. The smallest absolute Gasteiger partial charge is 0.135 e. The zero-order chi connectivity index (χ0) is 13.5. The van der Waals surface area contributed by atoms with E-state index < -0.39 is 0 Å². The number of rotatable bonds is 6. The number of hydrogen-bond donors (Lipinski definition) is 2. The van der Waals surface area contributed by atoms with Crippen LogP contribution in [0.2, 0.25) is 0 Å². The Bertz CT molecular complexity index is 508. The minimum atomic E-state index is 0.804. The van der Waals surface area contributed by atoms with Gasteiger partial charge in [-0.3, -0.25) is 0 Å². The van der Waals surface area contributed by atoms with E-state index in [1.165, 1.54) is 5.56 Å². The van der Waals surface area contributed by atoms with E-state index in [2.05, 4.69) is 58.7 Å². The van der Waals surface area contributed by atoms with Crippen molar-refractivity contribution in [2.75, 3.05) is 17.2 Å². The minimum absolute atomic E-state index is 0.804. The molecule has 1 aromatic heterocycles. The van der Waals surface area contributed by atoms with Crippen LogP contribution in [0.3, 0.4) is 0 Å². The Labute approximate surface area is 114 Å². The van der Waals surface area contributed by atoms with Crippen molar-refractivity contribution in [2.45, 2.75) is 26.7 Å². The molecule has 100 valence electrons. The van der Waals surface area contributed by atoms with Gasteiger partial charge in [0.05, 0.1) is 0 Å². The minimum Gasteiger partial charge on any atom is -0.370 e. The second-order valence-corrected chi connectivity index (χ2v) is 4.39. The molecule has 0 amide bonds. The molecular formula is C15H20N4. The third kappa shape index (κ3) is 3.95. The fraction of sp³-hybridized carbons (Fsp3) is 0.333. The van der Waals surface area contributed by atoms with Crippen molar-refractivity contribution in [2.24, 2.45) is 0 Å². The number of benzene rings is 1. The van der Waals surface area contributed by atoms with Gasteiger partial charge in [-0.05, 0) is 30.5 Å². The average molecular weight is 256 g/mol. The molecule has 2 aromatic rings. The van der Waals surface area contributed by atoms with E-state index in [9.17, 15) is 0 Å². The maximum Gasteiger partial charge on any atom is 0.135 e. The van der Waals surface area contributed by atoms with Gasteiger partial charge in [0.25, 0.3) is 0 Å². The van der Waals surface area contributed by atoms with Crippen molar-refractivity contribution < 1.29 is 0 Å². The number of aromatic nitrogens is 2. The van der Waals surface area contributed by atoms with Crippen LogP contribution in [-0.2, 0) is 6.42 Å².